The zero-order chi connectivity index (χ0) is 18.0. The topological polar surface area (TPSA) is 105 Å². The van der Waals surface area contributed by atoms with Crippen LogP contribution in [0.2, 0.25) is 0 Å². The van der Waals surface area contributed by atoms with E-state index in [1.165, 1.54) is 16.7 Å². The van der Waals surface area contributed by atoms with Crippen LogP contribution in [-0.4, -0.2) is 13.0 Å². The molecule has 1 N–H and O–H groups in total. The molecule has 0 fully saturated rings. The average molecular weight is 357 g/mol. The van der Waals surface area contributed by atoms with Gasteiger partial charge in [-0.15, -0.1) is 0 Å². The number of nitrogens with zero attached hydrogens (tertiary/aromatic N) is 2. The van der Waals surface area contributed by atoms with Crippen LogP contribution in [0.3, 0.4) is 0 Å². The summed E-state index contributed by atoms with van der Waals surface area (Å²) >= 11 is 0. The highest BCUT2D eigenvalue weighted by atomic mass is 32.2. The third-order valence-corrected chi connectivity index (χ3v) is 5.13. The van der Waals surface area contributed by atoms with Crippen molar-refractivity contribution in [1.29, 1.82) is 5.26 Å². The summed E-state index contributed by atoms with van der Waals surface area (Å²) in [6.07, 6.45) is 0.261. The molecule has 0 aliphatic rings. The lowest BCUT2D eigenvalue weighted by Crippen LogP contribution is -2.13. The van der Waals surface area contributed by atoms with Gasteiger partial charge in [-0.1, -0.05) is 12.1 Å². The van der Waals surface area contributed by atoms with Crippen molar-refractivity contribution in [3.8, 4) is 6.07 Å². The first kappa shape index (κ1) is 16.8. The van der Waals surface area contributed by atoms with Crippen molar-refractivity contribution in [1.82, 2.24) is 4.57 Å². The monoisotopic (exact) mass is 357 g/mol. The van der Waals surface area contributed by atoms with Crippen molar-refractivity contribution in [3.63, 3.8) is 0 Å². The molecule has 7 nitrogen and oxygen atoms in total. The van der Waals surface area contributed by atoms with E-state index in [9.17, 15) is 13.2 Å². The molecular weight excluding hydrogens is 342 g/mol. The van der Waals surface area contributed by atoms with Crippen molar-refractivity contribution >= 4 is 26.8 Å². The molecule has 0 aliphatic carbocycles. The van der Waals surface area contributed by atoms with E-state index in [4.69, 9.17) is 9.68 Å². The van der Waals surface area contributed by atoms with Crippen molar-refractivity contribution in [3.05, 3.63) is 58.6 Å². The summed E-state index contributed by atoms with van der Waals surface area (Å²) < 4.78 is 34.0. The van der Waals surface area contributed by atoms with Gasteiger partial charge in [0.05, 0.1) is 22.9 Å². The van der Waals surface area contributed by atoms with Gasteiger partial charge in [0.25, 0.3) is 10.0 Å². The van der Waals surface area contributed by atoms with Gasteiger partial charge < -0.3 is 4.42 Å². The molecule has 8 heteroatoms. The number of hydrogen-bond acceptors (Lipinski definition) is 5. The Labute approximate surface area is 144 Å². The number of sulfonamides is 1. The van der Waals surface area contributed by atoms with E-state index in [1.54, 1.807) is 37.3 Å². The fourth-order valence-corrected chi connectivity index (χ4v) is 3.58. The van der Waals surface area contributed by atoms with Crippen LogP contribution >= 0.6 is 0 Å². The van der Waals surface area contributed by atoms with Crippen LogP contribution in [-0.2, 0) is 23.0 Å². The normalized spacial score (nSPS) is 11.4. The second-order valence-electron chi connectivity index (χ2n) is 5.38. The van der Waals surface area contributed by atoms with Gasteiger partial charge in [-0.05, 0) is 36.8 Å². The Balaban J connectivity index is 1.93. The van der Waals surface area contributed by atoms with Gasteiger partial charge in [0, 0.05) is 18.3 Å². The summed E-state index contributed by atoms with van der Waals surface area (Å²) in [6, 6.07) is 12.9. The van der Waals surface area contributed by atoms with Gasteiger partial charge in [-0.2, -0.15) is 5.26 Å². The highest BCUT2D eigenvalue weighted by molar-refractivity contribution is 7.92. The first-order valence-electron chi connectivity index (χ1n) is 7.56. The van der Waals surface area contributed by atoms with E-state index in [0.29, 0.717) is 17.7 Å². The van der Waals surface area contributed by atoms with Crippen LogP contribution in [0.5, 0.6) is 0 Å². The number of nitriles is 1. The number of oxazole rings is 1. The predicted molar refractivity (Wildman–Crippen MR) is 92.7 cm³/mol. The number of benzene rings is 2. The lowest BCUT2D eigenvalue weighted by molar-refractivity contribution is 0.512. The lowest BCUT2D eigenvalue weighted by atomic mass is 10.1. The number of nitrogens with one attached hydrogen (secondary N) is 1. The van der Waals surface area contributed by atoms with E-state index < -0.39 is 15.8 Å². The van der Waals surface area contributed by atoms with Crippen LogP contribution in [0.15, 0.2) is 56.6 Å². The molecule has 0 bridgehead atoms. The summed E-state index contributed by atoms with van der Waals surface area (Å²) in [4.78, 5) is 11.7. The van der Waals surface area contributed by atoms with Gasteiger partial charge in [0.15, 0.2) is 5.58 Å². The van der Waals surface area contributed by atoms with Gasteiger partial charge in [0.1, 0.15) is 0 Å². The third-order valence-electron chi connectivity index (χ3n) is 3.76. The minimum atomic E-state index is -3.83. The van der Waals surface area contributed by atoms with Crippen LogP contribution in [0.1, 0.15) is 12.5 Å². The van der Waals surface area contributed by atoms with E-state index in [2.05, 4.69) is 4.72 Å². The minimum Gasteiger partial charge on any atom is -0.408 e. The quantitative estimate of drug-likeness (QED) is 0.755. The maximum atomic E-state index is 12.5. The Morgan fingerprint density at radius 3 is 2.56 bits per heavy atom. The second-order valence-corrected chi connectivity index (χ2v) is 7.06. The number of anilines is 1. The second kappa shape index (κ2) is 6.45. The molecule has 25 heavy (non-hydrogen) atoms. The molecule has 1 heterocycles. The van der Waals surface area contributed by atoms with Crippen molar-refractivity contribution in [2.24, 2.45) is 0 Å². The fraction of sp³-hybridized carbons (Fsp3) is 0.176. The Morgan fingerprint density at radius 1 is 1.20 bits per heavy atom. The van der Waals surface area contributed by atoms with Crippen LogP contribution in [0, 0.1) is 11.3 Å². The van der Waals surface area contributed by atoms with Gasteiger partial charge >= 0.3 is 5.76 Å². The highest BCUT2D eigenvalue weighted by Gasteiger charge is 2.17. The van der Waals surface area contributed by atoms with Crippen molar-refractivity contribution < 1.29 is 12.8 Å². The fourth-order valence-electron chi connectivity index (χ4n) is 2.51. The van der Waals surface area contributed by atoms with Crippen LogP contribution in [0.4, 0.5) is 5.69 Å². The first-order chi connectivity index (χ1) is 11.9. The maximum Gasteiger partial charge on any atom is 0.419 e. The molecule has 0 amide bonds. The molecule has 0 saturated heterocycles. The molecular formula is C17H15N3O4S. The summed E-state index contributed by atoms with van der Waals surface area (Å²) in [5.74, 6) is -0.520. The lowest BCUT2D eigenvalue weighted by Gasteiger charge is -2.08. The smallest absolute Gasteiger partial charge is 0.408 e. The zero-order valence-electron chi connectivity index (χ0n) is 13.4. The summed E-state index contributed by atoms with van der Waals surface area (Å²) in [7, 11) is -3.83. The minimum absolute atomic E-state index is 0.00176. The highest BCUT2D eigenvalue weighted by Crippen LogP contribution is 2.21. The number of aryl methyl sites for hydroxylation is 1. The molecule has 3 aromatic rings. The average Bonchev–Trinajstić information content (AvgIpc) is 2.90. The van der Waals surface area contributed by atoms with Crippen LogP contribution in [0.25, 0.3) is 11.1 Å². The molecule has 2 aromatic carbocycles. The predicted octanol–water partition coefficient (Wildman–Crippen LogP) is 2.48. The standard InChI is InChI=1S/C17H15N3O4S/c1-2-20-15-8-7-14(11-16(15)24-17(20)21)25(22,23)19-13-5-3-12(4-6-13)9-10-18/h3-8,11,19H,2,9H2,1H3. The van der Waals surface area contributed by atoms with Crippen molar-refractivity contribution in [2.45, 2.75) is 24.8 Å². The third kappa shape index (κ3) is 3.27. The summed E-state index contributed by atoms with van der Waals surface area (Å²) in [5.41, 5.74) is 1.95. The number of fused-ring (bicyclic) bond motifs is 1. The molecule has 0 saturated carbocycles. The molecule has 0 radical (unpaired) electrons. The largest absolute Gasteiger partial charge is 0.419 e. The van der Waals surface area contributed by atoms with Crippen LogP contribution < -0.4 is 10.5 Å². The Morgan fingerprint density at radius 2 is 1.92 bits per heavy atom. The summed E-state index contributed by atoms with van der Waals surface area (Å²) in [6.45, 7) is 2.24. The summed E-state index contributed by atoms with van der Waals surface area (Å²) in [5, 5.41) is 8.66. The van der Waals surface area contributed by atoms with E-state index in [-0.39, 0.29) is 16.9 Å². The first-order valence-corrected chi connectivity index (χ1v) is 9.05. The molecule has 0 spiro atoms. The van der Waals surface area contributed by atoms with E-state index in [0.717, 1.165) is 5.56 Å². The Kier molecular flexibility index (Phi) is 4.33. The molecule has 0 aliphatic heterocycles. The molecule has 3 rings (SSSR count). The van der Waals surface area contributed by atoms with E-state index in [1.807, 2.05) is 6.07 Å². The van der Waals surface area contributed by atoms with Gasteiger partial charge in [0.2, 0.25) is 0 Å². The molecule has 0 atom stereocenters. The number of rotatable bonds is 5. The Bertz CT molecular complexity index is 1120. The molecule has 0 unspecified atom stereocenters. The van der Waals surface area contributed by atoms with Crippen molar-refractivity contribution in [2.75, 3.05) is 4.72 Å². The van der Waals surface area contributed by atoms with E-state index >= 15 is 0 Å². The van der Waals surface area contributed by atoms with Gasteiger partial charge in [-0.25, -0.2) is 13.2 Å². The zero-order valence-corrected chi connectivity index (χ0v) is 14.2. The Hall–Kier alpha value is -3.05. The SMILES string of the molecule is CCn1c(=O)oc2cc(S(=O)(=O)Nc3ccc(CC#N)cc3)ccc21. The maximum absolute atomic E-state index is 12.5. The van der Waals surface area contributed by atoms with Gasteiger partial charge in [-0.3, -0.25) is 9.29 Å². The molecule has 128 valence electrons. The number of hydrogen-bond donors (Lipinski definition) is 1. The molecule has 1 aromatic heterocycles. The number of aromatic nitrogens is 1.